The second-order valence-electron chi connectivity index (χ2n) is 6.51. The van der Waals surface area contributed by atoms with Crippen molar-refractivity contribution in [1.82, 2.24) is 0 Å². The number of nitro benzene ring substituents is 1. The molecule has 0 aliphatic carbocycles. The fraction of sp³-hybridized carbons (Fsp3) is 0.100. The maximum Gasteiger partial charge on any atom is 0.270 e. The Hall–Kier alpha value is -3.74. The van der Waals surface area contributed by atoms with Gasteiger partial charge < -0.3 is 4.90 Å². The first-order chi connectivity index (χ1) is 12.9. The molecule has 3 aromatic rings. The summed E-state index contributed by atoms with van der Waals surface area (Å²) in [7, 11) is 3.78. The van der Waals surface area contributed by atoms with E-state index in [4.69, 9.17) is 0 Å². The molecule has 0 N–H and O–H groups in total. The number of anilines is 2. The highest BCUT2D eigenvalue weighted by Gasteiger charge is 2.35. The van der Waals surface area contributed by atoms with Gasteiger partial charge in [0.15, 0.2) is 0 Å². The topological polar surface area (TPSA) is 83.8 Å². The number of hydrogen-bond acceptors (Lipinski definition) is 5. The molecule has 0 saturated carbocycles. The van der Waals surface area contributed by atoms with Crippen molar-refractivity contribution in [2.45, 2.75) is 0 Å². The molecule has 0 atom stereocenters. The number of nitro groups is 1. The smallest absolute Gasteiger partial charge is 0.270 e. The van der Waals surface area contributed by atoms with Gasteiger partial charge in [0.25, 0.3) is 17.5 Å². The Kier molecular flexibility index (Phi) is 3.66. The summed E-state index contributed by atoms with van der Waals surface area (Å²) in [5.41, 5.74) is 1.68. The molecular formula is C20H15N3O4. The van der Waals surface area contributed by atoms with E-state index in [1.807, 2.05) is 19.0 Å². The lowest BCUT2D eigenvalue weighted by Crippen LogP contribution is -2.40. The Morgan fingerprint density at radius 1 is 0.926 bits per heavy atom. The Labute approximate surface area is 154 Å². The van der Waals surface area contributed by atoms with Crippen LogP contribution in [0.2, 0.25) is 0 Å². The number of carbonyl (C=O) groups excluding carboxylic acids is 2. The van der Waals surface area contributed by atoms with Crippen LogP contribution in [-0.4, -0.2) is 30.8 Å². The predicted octanol–water partition coefficient (Wildman–Crippen LogP) is 3.61. The number of carbonyl (C=O) groups is 2. The molecule has 0 radical (unpaired) electrons. The molecule has 1 aliphatic heterocycles. The Bertz CT molecular complexity index is 1120. The fourth-order valence-electron chi connectivity index (χ4n) is 3.33. The SMILES string of the molecule is CN(C)c1ccc(N2C(=O)c3cccc4cc([N+](=O)[O-])cc(c34)C2=O)cc1. The van der Waals surface area contributed by atoms with Crippen molar-refractivity contribution in [1.29, 1.82) is 0 Å². The van der Waals surface area contributed by atoms with Gasteiger partial charge in [0.1, 0.15) is 0 Å². The zero-order chi connectivity index (χ0) is 19.3. The van der Waals surface area contributed by atoms with Gasteiger partial charge in [-0.1, -0.05) is 12.1 Å². The molecule has 0 aromatic heterocycles. The van der Waals surface area contributed by atoms with Gasteiger partial charge in [-0.15, -0.1) is 0 Å². The first-order valence-corrected chi connectivity index (χ1v) is 8.26. The molecule has 0 unspecified atom stereocenters. The van der Waals surface area contributed by atoms with E-state index in [0.29, 0.717) is 22.0 Å². The zero-order valence-corrected chi connectivity index (χ0v) is 14.7. The van der Waals surface area contributed by atoms with Crippen LogP contribution in [-0.2, 0) is 0 Å². The van der Waals surface area contributed by atoms with Gasteiger partial charge in [0, 0.05) is 42.9 Å². The molecule has 0 saturated heterocycles. The summed E-state index contributed by atoms with van der Waals surface area (Å²) in [4.78, 5) is 39.8. The van der Waals surface area contributed by atoms with E-state index in [2.05, 4.69) is 0 Å². The van der Waals surface area contributed by atoms with E-state index in [1.165, 1.54) is 12.1 Å². The van der Waals surface area contributed by atoms with Crippen molar-refractivity contribution < 1.29 is 14.5 Å². The van der Waals surface area contributed by atoms with Gasteiger partial charge in [0.2, 0.25) is 0 Å². The highest BCUT2D eigenvalue weighted by Crippen LogP contribution is 2.35. The molecular weight excluding hydrogens is 346 g/mol. The number of rotatable bonds is 3. The molecule has 4 rings (SSSR count). The molecule has 7 nitrogen and oxygen atoms in total. The zero-order valence-electron chi connectivity index (χ0n) is 14.7. The van der Waals surface area contributed by atoms with Gasteiger partial charge in [-0.25, -0.2) is 4.90 Å². The van der Waals surface area contributed by atoms with Gasteiger partial charge in [-0.2, -0.15) is 0 Å². The first kappa shape index (κ1) is 16.7. The number of benzene rings is 3. The van der Waals surface area contributed by atoms with Crippen molar-refractivity contribution in [2.75, 3.05) is 23.9 Å². The lowest BCUT2D eigenvalue weighted by Gasteiger charge is -2.27. The molecule has 134 valence electrons. The van der Waals surface area contributed by atoms with Crippen LogP contribution < -0.4 is 9.80 Å². The average molecular weight is 361 g/mol. The molecule has 1 aliphatic rings. The number of hydrogen-bond donors (Lipinski definition) is 0. The Morgan fingerprint density at radius 2 is 1.59 bits per heavy atom. The van der Waals surface area contributed by atoms with Crippen molar-refractivity contribution in [2.24, 2.45) is 0 Å². The lowest BCUT2D eigenvalue weighted by atomic mass is 9.93. The van der Waals surface area contributed by atoms with Gasteiger partial charge >= 0.3 is 0 Å². The van der Waals surface area contributed by atoms with Crippen LogP contribution in [0.3, 0.4) is 0 Å². The van der Waals surface area contributed by atoms with Gasteiger partial charge in [0.05, 0.1) is 16.2 Å². The number of non-ortho nitro benzene ring substituents is 1. The summed E-state index contributed by atoms with van der Waals surface area (Å²) < 4.78 is 0. The number of nitrogens with zero attached hydrogens (tertiary/aromatic N) is 3. The van der Waals surface area contributed by atoms with Crippen molar-refractivity contribution in [3.63, 3.8) is 0 Å². The molecule has 0 spiro atoms. The lowest BCUT2D eigenvalue weighted by molar-refractivity contribution is -0.384. The van der Waals surface area contributed by atoms with E-state index in [1.54, 1.807) is 42.5 Å². The van der Waals surface area contributed by atoms with Gasteiger partial charge in [-0.3, -0.25) is 19.7 Å². The second kappa shape index (κ2) is 5.91. The molecule has 27 heavy (non-hydrogen) atoms. The van der Waals surface area contributed by atoms with E-state index < -0.39 is 16.7 Å². The van der Waals surface area contributed by atoms with Crippen molar-refractivity contribution >= 4 is 39.6 Å². The molecule has 0 fully saturated rings. The van der Waals surface area contributed by atoms with E-state index in [9.17, 15) is 19.7 Å². The Morgan fingerprint density at radius 3 is 2.22 bits per heavy atom. The second-order valence-corrected chi connectivity index (χ2v) is 6.51. The third-order valence-electron chi connectivity index (χ3n) is 4.66. The molecule has 0 bridgehead atoms. The summed E-state index contributed by atoms with van der Waals surface area (Å²) in [6.45, 7) is 0. The third kappa shape index (κ3) is 2.52. The van der Waals surface area contributed by atoms with Crippen LogP contribution in [0.15, 0.2) is 54.6 Å². The fourth-order valence-corrected chi connectivity index (χ4v) is 3.33. The summed E-state index contributed by atoms with van der Waals surface area (Å²) in [5, 5.41) is 12.2. The highest BCUT2D eigenvalue weighted by atomic mass is 16.6. The van der Waals surface area contributed by atoms with Crippen LogP contribution in [0.4, 0.5) is 17.1 Å². The summed E-state index contributed by atoms with van der Waals surface area (Å²) >= 11 is 0. The Balaban J connectivity index is 1.91. The van der Waals surface area contributed by atoms with Crippen LogP contribution in [0.1, 0.15) is 20.7 Å². The number of amides is 2. The molecule has 3 aromatic carbocycles. The summed E-state index contributed by atoms with van der Waals surface area (Å²) in [6.07, 6.45) is 0. The van der Waals surface area contributed by atoms with Crippen LogP contribution in [0.25, 0.3) is 10.8 Å². The van der Waals surface area contributed by atoms with Gasteiger partial charge in [-0.05, 0) is 35.7 Å². The number of imide groups is 1. The largest absolute Gasteiger partial charge is 0.378 e. The standard InChI is InChI=1S/C20H15N3O4/c1-21(2)13-6-8-14(9-7-13)22-19(24)16-5-3-4-12-10-15(23(26)27)11-17(18(12)16)20(22)25/h3-11H,1-2H3. The highest BCUT2D eigenvalue weighted by molar-refractivity contribution is 6.36. The average Bonchev–Trinajstić information content (AvgIpc) is 2.66. The van der Waals surface area contributed by atoms with E-state index in [0.717, 1.165) is 10.6 Å². The van der Waals surface area contributed by atoms with E-state index in [-0.39, 0.29) is 11.3 Å². The van der Waals surface area contributed by atoms with Crippen LogP contribution in [0, 0.1) is 10.1 Å². The van der Waals surface area contributed by atoms with Crippen LogP contribution >= 0.6 is 0 Å². The monoisotopic (exact) mass is 361 g/mol. The minimum absolute atomic E-state index is 0.158. The summed E-state index contributed by atoms with van der Waals surface area (Å²) in [5.74, 6) is -1.01. The van der Waals surface area contributed by atoms with Crippen LogP contribution in [0.5, 0.6) is 0 Å². The molecule has 2 amide bonds. The van der Waals surface area contributed by atoms with Crippen molar-refractivity contribution in [3.05, 3.63) is 75.8 Å². The predicted molar refractivity (Wildman–Crippen MR) is 103 cm³/mol. The van der Waals surface area contributed by atoms with Crippen molar-refractivity contribution in [3.8, 4) is 0 Å². The summed E-state index contributed by atoms with van der Waals surface area (Å²) in [6, 6.07) is 14.6. The van der Waals surface area contributed by atoms with E-state index >= 15 is 0 Å². The maximum atomic E-state index is 13.1. The minimum Gasteiger partial charge on any atom is -0.378 e. The first-order valence-electron chi connectivity index (χ1n) is 8.26. The quantitative estimate of drug-likeness (QED) is 0.404. The molecule has 7 heteroatoms. The normalized spacial score (nSPS) is 13.2. The third-order valence-corrected chi connectivity index (χ3v) is 4.66. The maximum absolute atomic E-state index is 13.1. The molecule has 1 heterocycles. The minimum atomic E-state index is -0.565.